The molecule has 1 unspecified atom stereocenters. The van der Waals surface area contributed by atoms with Gasteiger partial charge >= 0.3 is 0 Å². The largest absolute Gasteiger partial charge is 0.300 e. The van der Waals surface area contributed by atoms with Gasteiger partial charge in [0.1, 0.15) is 5.78 Å². The van der Waals surface area contributed by atoms with Gasteiger partial charge in [0.05, 0.1) is 0 Å². The van der Waals surface area contributed by atoms with Crippen molar-refractivity contribution in [3.8, 4) is 0 Å². The predicted octanol–water partition coefficient (Wildman–Crippen LogP) is 2.62. The van der Waals surface area contributed by atoms with Crippen molar-refractivity contribution in [3.63, 3.8) is 0 Å². The molecule has 2 saturated carbocycles. The molecule has 0 heterocycles. The van der Waals surface area contributed by atoms with E-state index in [1.807, 2.05) is 0 Å². The van der Waals surface area contributed by atoms with Crippen LogP contribution >= 0.6 is 0 Å². The molecule has 1 atom stereocenters. The number of hydrogen-bond donors (Lipinski definition) is 0. The van der Waals surface area contributed by atoms with Crippen LogP contribution in [0.15, 0.2) is 0 Å². The zero-order chi connectivity index (χ0) is 10.7. The molecule has 0 amide bonds. The second kappa shape index (κ2) is 5.11. The van der Waals surface area contributed by atoms with E-state index in [0.717, 1.165) is 31.7 Å². The molecule has 0 aromatic heterocycles. The fourth-order valence-electron chi connectivity index (χ4n) is 2.86. The van der Waals surface area contributed by atoms with Crippen LogP contribution in [0.3, 0.4) is 0 Å². The third-order valence-electron chi connectivity index (χ3n) is 4.10. The Morgan fingerprint density at radius 3 is 2.60 bits per heavy atom. The number of Topliss-reactive ketones (excluding diaryl/α,β-unsaturated/α-hetero) is 1. The van der Waals surface area contributed by atoms with Crippen LogP contribution in [-0.4, -0.2) is 29.8 Å². The summed E-state index contributed by atoms with van der Waals surface area (Å²) in [5, 5.41) is 0. The molecule has 15 heavy (non-hydrogen) atoms. The zero-order valence-electron chi connectivity index (χ0n) is 9.87. The van der Waals surface area contributed by atoms with Crippen LogP contribution in [0.25, 0.3) is 0 Å². The van der Waals surface area contributed by atoms with Gasteiger partial charge in [-0.2, -0.15) is 0 Å². The first-order chi connectivity index (χ1) is 7.29. The van der Waals surface area contributed by atoms with Crippen molar-refractivity contribution < 1.29 is 4.79 Å². The number of ketones is 1. The summed E-state index contributed by atoms with van der Waals surface area (Å²) < 4.78 is 0. The Morgan fingerprint density at radius 1 is 1.27 bits per heavy atom. The number of rotatable bonds is 4. The van der Waals surface area contributed by atoms with E-state index in [2.05, 4.69) is 11.8 Å². The molecule has 0 aliphatic heterocycles. The molecule has 0 aromatic carbocycles. The monoisotopic (exact) mass is 209 g/mol. The van der Waals surface area contributed by atoms with Crippen LogP contribution in [0.4, 0.5) is 0 Å². The maximum Gasteiger partial charge on any atom is 0.134 e. The number of carbonyl (C=O) groups is 1. The molecular formula is C13H23NO. The molecule has 86 valence electrons. The fraction of sp³-hybridized carbons (Fsp3) is 0.923. The summed E-state index contributed by atoms with van der Waals surface area (Å²) in [7, 11) is 0. The molecule has 0 spiro atoms. The van der Waals surface area contributed by atoms with Gasteiger partial charge in [0.2, 0.25) is 0 Å². The van der Waals surface area contributed by atoms with Crippen LogP contribution in [-0.2, 0) is 4.79 Å². The van der Waals surface area contributed by atoms with Crippen molar-refractivity contribution in [2.24, 2.45) is 5.92 Å². The van der Waals surface area contributed by atoms with E-state index in [1.165, 1.54) is 32.2 Å². The average Bonchev–Trinajstić information content (AvgIpc) is 2.16. The van der Waals surface area contributed by atoms with Gasteiger partial charge in [-0.15, -0.1) is 0 Å². The Labute approximate surface area is 93.0 Å². The van der Waals surface area contributed by atoms with Gasteiger partial charge < -0.3 is 0 Å². The molecule has 0 radical (unpaired) electrons. The Kier molecular flexibility index (Phi) is 3.79. The van der Waals surface area contributed by atoms with Crippen molar-refractivity contribution in [2.75, 3.05) is 13.1 Å². The van der Waals surface area contributed by atoms with E-state index in [-0.39, 0.29) is 0 Å². The molecular weight excluding hydrogens is 186 g/mol. The van der Waals surface area contributed by atoms with E-state index in [9.17, 15) is 4.79 Å². The lowest BCUT2D eigenvalue weighted by molar-refractivity contribution is -0.122. The first kappa shape index (κ1) is 11.1. The van der Waals surface area contributed by atoms with E-state index < -0.39 is 0 Å². The summed E-state index contributed by atoms with van der Waals surface area (Å²) in [6.07, 6.45) is 8.26. The summed E-state index contributed by atoms with van der Waals surface area (Å²) in [5.74, 6) is 1.42. The Balaban J connectivity index is 1.83. The normalized spacial score (nSPS) is 28.1. The Morgan fingerprint density at radius 2 is 2.07 bits per heavy atom. The maximum absolute atomic E-state index is 11.4. The summed E-state index contributed by atoms with van der Waals surface area (Å²) in [6.45, 7) is 4.60. The smallest absolute Gasteiger partial charge is 0.134 e. The van der Waals surface area contributed by atoms with Crippen LogP contribution in [0, 0.1) is 5.92 Å². The van der Waals surface area contributed by atoms with Gasteiger partial charge in [-0.05, 0) is 38.1 Å². The van der Waals surface area contributed by atoms with E-state index in [4.69, 9.17) is 0 Å². The second-order valence-corrected chi connectivity index (χ2v) is 5.17. The first-order valence-electron chi connectivity index (χ1n) is 6.55. The molecule has 2 aliphatic rings. The lowest BCUT2D eigenvalue weighted by atomic mass is 9.84. The Bertz CT molecular complexity index is 223. The molecule has 2 fully saturated rings. The second-order valence-electron chi connectivity index (χ2n) is 5.17. The summed E-state index contributed by atoms with van der Waals surface area (Å²) >= 11 is 0. The maximum atomic E-state index is 11.4. The molecule has 0 saturated heterocycles. The van der Waals surface area contributed by atoms with Crippen molar-refractivity contribution in [2.45, 2.75) is 57.9 Å². The lowest BCUT2D eigenvalue weighted by Gasteiger charge is -2.38. The van der Waals surface area contributed by atoms with Crippen LogP contribution < -0.4 is 0 Å². The van der Waals surface area contributed by atoms with E-state index in [0.29, 0.717) is 11.8 Å². The van der Waals surface area contributed by atoms with Crippen molar-refractivity contribution in [1.82, 2.24) is 4.90 Å². The molecule has 2 nitrogen and oxygen atoms in total. The minimum Gasteiger partial charge on any atom is -0.300 e. The average molecular weight is 209 g/mol. The highest BCUT2D eigenvalue weighted by atomic mass is 16.1. The van der Waals surface area contributed by atoms with Gasteiger partial charge in [0.15, 0.2) is 0 Å². The van der Waals surface area contributed by atoms with Gasteiger partial charge in [-0.1, -0.05) is 13.3 Å². The van der Waals surface area contributed by atoms with Crippen LogP contribution in [0.1, 0.15) is 51.9 Å². The van der Waals surface area contributed by atoms with Crippen molar-refractivity contribution >= 4 is 5.78 Å². The van der Waals surface area contributed by atoms with Gasteiger partial charge in [0.25, 0.3) is 0 Å². The lowest BCUT2D eigenvalue weighted by Crippen LogP contribution is -2.42. The van der Waals surface area contributed by atoms with Crippen molar-refractivity contribution in [3.05, 3.63) is 0 Å². The molecule has 0 N–H and O–H groups in total. The highest BCUT2D eigenvalue weighted by Crippen LogP contribution is 2.29. The molecule has 2 heteroatoms. The van der Waals surface area contributed by atoms with E-state index >= 15 is 0 Å². The standard InChI is InChI=1S/C13H23NO/c1-2-14(10-11-5-3-6-11)12-7-4-8-13(15)9-12/h11-12H,2-10H2,1H3. The summed E-state index contributed by atoms with van der Waals surface area (Å²) in [6, 6.07) is 0.567. The van der Waals surface area contributed by atoms with Crippen molar-refractivity contribution in [1.29, 1.82) is 0 Å². The molecule has 2 aliphatic carbocycles. The van der Waals surface area contributed by atoms with Gasteiger partial charge in [-0.25, -0.2) is 0 Å². The SMILES string of the molecule is CCN(CC1CCC1)C1CCCC(=O)C1. The number of nitrogens with zero attached hydrogens (tertiary/aromatic N) is 1. The minimum atomic E-state index is 0.485. The molecule has 0 aromatic rings. The summed E-state index contributed by atoms with van der Waals surface area (Å²) in [5.41, 5.74) is 0. The minimum absolute atomic E-state index is 0.485. The van der Waals surface area contributed by atoms with Gasteiger partial charge in [-0.3, -0.25) is 9.69 Å². The number of hydrogen-bond acceptors (Lipinski definition) is 2. The topological polar surface area (TPSA) is 20.3 Å². The molecule has 0 bridgehead atoms. The third kappa shape index (κ3) is 2.81. The first-order valence-corrected chi connectivity index (χ1v) is 6.55. The highest BCUT2D eigenvalue weighted by Gasteiger charge is 2.27. The molecule has 2 rings (SSSR count). The highest BCUT2D eigenvalue weighted by molar-refractivity contribution is 5.79. The third-order valence-corrected chi connectivity index (χ3v) is 4.10. The number of carbonyl (C=O) groups excluding carboxylic acids is 1. The van der Waals surface area contributed by atoms with Crippen LogP contribution in [0.2, 0.25) is 0 Å². The quantitative estimate of drug-likeness (QED) is 0.709. The zero-order valence-corrected chi connectivity index (χ0v) is 9.87. The van der Waals surface area contributed by atoms with E-state index in [1.54, 1.807) is 0 Å². The van der Waals surface area contributed by atoms with Crippen LogP contribution in [0.5, 0.6) is 0 Å². The Hall–Kier alpha value is -0.370. The van der Waals surface area contributed by atoms with Gasteiger partial charge in [0, 0.05) is 25.4 Å². The predicted molar refractivity (Wildman–Crippen MR) is 61.9 cm³/mol. The fourth-order valence-corrected chi connectivity index (χ4v) is 2.86. The summed E-state index contributed by atoms with van der Waals surface area (Å²) in [4.78, 5) is 14.0.